The number of oxime groups is 1. The zero-order valence-electron chi connectivity index (χ0n) is 28.9. The molecule has 1 saturated heterocycles. The number of nitrogens with two attached hydrogens (primary N) is 1. The largest absolute Gasteiger partial charge is 0.477 e. The minimum atomic E-state index is -1.25. The van der Waals surface area contributed by atoms with E-state index < -0.39 is 46.6 Å². The van der Waals surface area contributed by atoms with Gasteiger partial charge in [-0.15, -0.1) is 23.1 Å². The monoisotopic (exact) mass is 749 g/mol. The molecule has 4 N–H and O–H groups in total. The third-order valence-electron chi connectivity index (χ3n) is 7.75. The lowest BCUT2D eigenvalue weighted by Gasteiger charge is -2.49. The second-order valence-electron chi connectivity index (χ2n) is 13.4. The van der Waals surface area contributed by atoms with Crippen LogP contribution in [0.3, 0.4) is 0 Å². The number of thioether (sulfide) groups is 1. The summed E-state index contributed by atoms with van der Waals surface area (Å²) in [5, 5.41) is 17.8. The van der Waals surface area contributed by atoms with Crippen LogP contribution in [0.15, 0.2) is 76.7 Å². The highest BCUT2D eigenvalue weighted by atomic mass is 32.2. The van der Waals surface area contributed by atoms with Gasteiger partial charge in [0.05, 0.1) is 5.56 Å². The van der Waals surface area contributed by atoms with Crippen LogP contribution in [0, 0.1) is 0 Å². The van der Waals surface area contributed by atoms with Gasteiger partial charge in [0.15, 0.2) is 41.3 Å². The Balaban J connectivity index is 1.20. The lowest BCUT2D eigenvalue weighted by Crippen LogP contribution is -2.71. The fraction of sp³-hybridized carbons (Fsp3) is 0.343. The van der Waals surface area contributed by atoms with E-state index in [-0.39, 0.29) is 34.4 Å². The molecule has 15 nitrogen and oxygen atoms in total. The van der Waals surface area contributed by atoms with E-state index in [1.54, 1.807) is 46.8 Å². The molecule has 3 aliphatic heterocycles. The number of hydrogen-bond donors (Lipinski definition) is 3. The quantitative estimate of drug-likeness (QED) is 0.0852. The molecule has 0 bridgehead atoms. The number of aromatic nitrogens is 2. The number of pyridine rings is 1. The van der Waals surface area contributed by atoms with Crippen molar-refractivity contribution >= 4 is 57.7 Å². The summed E-state index contributed by atoms with van der Waals surface area (Å²) in [6, 6.07) is 7.71. The smallest absolute Gasteiger partial charge is 0.352 e. The van der Waals surface area contributed by atoms with Crippen LogP contribution in [-0.4, -0.2) is 73.0 Å². The molecule has 1 aromatic carbocycles. The zero-order chi connectivity index (χ0) is 37.4. The molecule has 0 spiro atoms. The van der Waals surface area contributed by atoms with Crippen LogP contribution in [0.2, 0.25) is 0 Å². The number of rotatable bonds is 11. The van der Waals surface area contributed by atoms with E-state index in [2.05, 4.69) is 15.5 Å². The van der Waals surface area contributed by atoms with Crippen molar-refractivity contribution in [3.8, 4) is 11.5 Å². The molecule has 52 heavy (non-hydrogen) atoms. The summed E-state index contributed by atoms with van der Waals surface area (Å²) in [5.74, 6) is -3.19. The van der Waals surface area contributed by atoms with E-state index >= 15 is 0 Å². The SMILES string of the molecule is CC(C)(C)OC(=O)c1cc2c(cc1CO/N=C(\C(=O)NC1C(=O)N3C(C(=O)O)=C(/C=C/C[n+]4ccccc4)CS[C@@H]13)c1csc(N)n1)OC(C)(C)O2. The number of hydrogen-bond acceptors (Lipinski definition) is 13. The van der Waals surface area contributed by atoms with Gasteiger partial charge in [0.2, 0.25) is 5.79 Å². The lowest BCUT2D eigenvalue weighted by molar-refractivity contribution is -0.687. The second-order valence-corrected chi connectivity index (χ2v) is 15.4. The highest BCUT2D eigenvalue weighted by molar-refractivity contribution is 8.00. The van der Waals surface area contributed by atoms with E-state index in [4.69, 9.17) is 24.8 Å². The summed E-state index contributed by atoms with van der Waals surface area (Å²) in [5.41, 5.74) is 5.73. The molecule has 1 unspecified atom stereocenters. The van der Waals surface area contributed by atoms with Gasteiger partial charge in [-0.05, 0) is 44.6 Å². The van der Waals surface area contributed by atoms with Crippen LogP contribution in [0.25, 0.3) is 0 Å². The first-order valence-electron chi connectivity index (χ1n) is 16.1. The number of allylic oxidation sites excluding steroid dienone is 2. The number of benzene rings is 1. The summed E-state index contributed by atoms with van der Waals surface area (Å²) in [6.07, 6.45) is 7.30. The number of nitrogens with one attached hydrogen (secondary N) is 1. The molecular weight excluding hydrogens is 713 g/mol. The van der Waals surface area contributed by atoms with Gasteiger partial charge in [-0.1, -0.05) is 17.3 Å². The Labute approximate surface area is 307 Å². The number of fused-ring (bicyclic) bond motifs is 2. The van der Waals surface area contributed by atoms with Gasteiger partial charge in [0.1, 0.15) is 35.0 Å². The number of β-lactam (4-membered cyclic amide) rings is 1. The van der Waals surface area contributed by atoms with Crippen LogP contribution < -0.4 is 25.1 Å². The Morgan fingerprint density at radius 3 is 2.56 bits per heavy atom. The first kappa shape index (κ1) is 36.4. The Morgan fingerprint density at radius 1 is 1.19 bits per heavy atom. The van der Waals surface area contributed by atoms with E-state index in [1.165, 1.54) is 28.1 Å². The Kier molecular flexibility index (Phi) is 10.0. The third kappa shape index (κ3) is 7.89. The van der Waals surface area contributed by atoms with Gasteiger partial charge in [0, 0.05) is 42.7 Å². The summed E-state index contributed by atoms with van der Waals surface area (Å²) < 4.78 is 19.2. The average Bonchev–Trinajstić information content (AvgIpc) is 3.64. The highest BCUT2D eigenvalue weighted by Crippen LogP contribution is 2.42. The minimum absolute atomic E-state index is 0.0922. The topological polar surface area (TPSA) is 196 Å². The summed E-state index contributed by atoms with van der Waals surface area (Å²) in [4.78, 5) is 63.6. The maximum Gasteiger partial charge on any atom is 0.352 e. The molecule has 2 aromatic heterocycles. The van der Waals surface area contributed by atoms with Crippen LogP contribution >= 0.6 is 23.1 Å². The number of carbonyl (C=O) groups is 4. The van der Waals surface area contributed by atoms with Crippen LogP contribution in [0.5, 0.6) is 11.5 Å². The van der Waals surface area contributed by atoms with Crippen molar-refractivity contribution in [2.45, 2.75) is 70.6 Å². The van der Waals surface area contributed by atoms with Crippen molar-refractivity contribution in [1.82, 2.24) is 15.2 Å². The molecule has 1 fully saturated rings. The number of carboxylic acid groups (broad SMARTS) is 1. The fourth-order valence-corrected chi connectivity index (χ4v) is 7.44. The average molecular weight is 750 g/mol. The second kappa shape index (κ2) is 14.3. The number of anilines is 1. The number of aliphatic carboxylic acids is 1. The normalized spacial score (nSPS) is 19.3. The number of ether oxygens (including phenoxy) is 3. The highest BCUT2D eigenvalue weighted by Gasteiger charge is 2.54. The summed E-state index contributed by atoms with van der Waals surface area (Å²) in [6.45, 7) is 8.90. The molecule has 5 heterocycles. The van der Waals surface area contributed by atoms with Crippen LogP contribution in [0.4, 0.5) is 5.13 Å². The molecule has 0 aliphatic carbocycles. The van der Waals surface area contributed by atoms with Gasteiger partial charge in [-0.25, -0.2) is 19.1 Å². The van der Waals surface area contributed by atoms with Gasteiger partial charge >= 0.3 is 11.9 Å². The van der Waals surface area contributed by atoms with Crippen molar-refractivity contribution in [2.75, 3.05) is 11.5 Å². The number of carbonyl (C=O) groups excluding carboxylic acids is 3. The molecule has 2 amide bonds. The number of amides is 2. The van der Waals surface area contributed by atoms with Crippen molar-refractivity contribution in [1.29, 1.82) is 0 Å². The molecule has 2 atom stereocenters. The summed E-state index contributed by atoms with van der Waals surface area (Å²) >= 11 is 2.40. The maximum atomic E-state index is 13.7. The van der Waals surface area contributed by atoms with E-state index in [1.807, 2.05) is 41.2 Å². The van der Waals surface area contributed by atoms with Gasteiger partial charge in [-0.2, -0.15) is 0 Å². The van der Waals surface area contributed by atoms with E-state index in [0.717, 1.165) is 11.3 Å². The number of thiazole rings is 1. The number of nitrogen functional groups attached to an aromatic ring is 1. The van der Waals surface area contributed by atoms with Crippen LogP contribution in [-0.2, 0) is 37.1 Å². The van der Waals surface area contributed by atoms with Gasteiger partial charge < -0.3 is 35.2 Å². The maximum absolute atomic E-state index is 13.7. The predicted octanol–water partition coefficient (Wildman–Crippen LogP) is 3.39. The molecule has 17 heteroatoms. The van der Waals surface area contributed by atoms with Crippen molar-refractivity contribution in [2.24, 2.45) is 5.16 Å². The first-order chi connectivity index (χ1) is 24.6. The van der Waals surface area contributed by atoms with Crippen molar-refractivity contribution in [3.63, 3.8) is 0 Å². The number of nitrogens with zero attached hydrogens (tertiary/aromatic N) is 4. The number of carboxylic acids is 1. The lowest BCUT2D eigenvalue weighted by atomic mass is 10.0. The van der Waals surface area contributed by atoms with E-state index in [9.17, 15) is 24.3 Å². The molecular formula is C35H37N6O9S2+. The van der Waals surface area contributed by atoms with Crippen molar-refractivity contribution in [3.05, 3.63) is 88.3 Å². The molecule has 3 aromatic rings. The molecule has 0 radical (unpaired) electrons. The molecule has 6 rings (SSSR count). The van der Waals surface area contributed by atoms with Crippen LogP contribution in [0.1, 0.15) is 56.2 Å². The van der Waals surface area contributed by atoms with Gasteiger partial charge in [-0.3, -0.25) is 14.5 Å². The minimum Gasteiger partial charge on any atom is -0.477 e. The molecule has 0 saturated carbocycles. The van der Waals surface area contributed by atoms with E-state index in [0.29, 0.717) is 34.9 Å². The third-order valence-corrected chi connectivity index (χ3v) is 9.73. The van der Waals surface area contributed by atoms with Gasteiger partial charge in [0.25, 0.3) is 11.8 Å². The Morgan fingerprint density at radius 2 is 1.90 bits per heavy atom. The predicted molar refractivity (Wildman–Crippen MR) is 190 cm³/mol. The first-order valence-corrected chi connectivity index (χ1v) is 18.1. The molecule has 3 aliphatic rings. The fourth-order valence-electron chi connectivity index (χ4n) is 5.58. The summed E-state index contributed by atoms with van der Waals surface area (Å²) in [7, 11) is 0. The van der Waals surface area contributed by atoms with Crippen molar-refractivity contribution < 1.29 is 47.9 Å². The molecule has 272 valence electrons. The standard InChI is InChI=1S/C35H36N6O9S2/c1-34(2,3)50-32(46)21-15-24-23(48-35(4,5)49-24)14-20(21)16-47-39-25(22-18-52-33(36)37-22)28(42)38-26-29(43)41-27(31(44)45)19(17-51-30(26)41)10-9-13-40-11-7-6-8-12-40/h6-12,14-15,18,26,30H,13,16-17H2,1-5H3,(H3-,36,37,38,42,44,45)/p+1/b10-9+,39-25-/t26?,30-/m0/s1. The Bertz CT molecular complexity index is 2020. The number of esters is 1. The Hall–Kier alpha value is -5.42. The zero-order valence-corrected chi connectivity index (χ0v) is 30.6.